The van der Waals surface area contributed by atoms with Crippen LogP contribution in [-0.4, -0.2) is 32.4 Å². The molecule has 0 atom stereocenters. The van der Waals surface area contributed by atoms with E-state index in [-0.39, 0.29) is 6.04 Å². The van der Waals surface area contributed by atoms with Crippen molar-refractivity contribution in [2.75, 3.05) is 13.7 Å². The second kappa shape index (κ2) is 7.11. The van der Waals surface area contributed by atoms with Crippen molar-refractivity contribution in [3.63, 3.8) is 0 Å². The number of hydrogen-bond acceptors (Lipinski definition) is 3. The number of hydrogen-bond donors (Lipinski definition) is 0. The smallest absolute Gasteiger partial charge is 0.243 e. The van der Waals surface area contributed by atoms with E-state index in [9.17, 15) is 8.42 Å². The van der Waals surface area contributed by atoms with E-state index in [1.807, 2.05) is 31.2 Å². The molecule has 5 heteroatoms. The Kier molecular flexibility index (Phi) is 5.11. The zero-order valence-corrected chi connectivity index (χ0v) is 15.2. The minimum Gasteiger partial charge on any atom is -0.493 e. The van der Waals surface area contributed by atoms with E-state index in [1.165, 1.54) is 6.42 Å². The predicted octanol–water partition coefficient (Wildman–Crippen LogP) is 4.19. The Bertz CT molecular complexity index is 810. The van der Waals surface area contributed by atoms with Crippen molar-refractivity contribution in [3.05, 3.63) is 36.4 Å². The van der Waals surface area contributed by atoms with Gasteiger partial charge >= 0.3 is 0 Å². The number of benzene rings is 2. The maximum absolute atomic E-state index is 13.2. The van der Waals surface area contributed by atoms with Crippen LogP contribution in [0.2, 0.25) is 0 Å². The number of sulfonamides is 1. The van der Waals surface area contributed by atoms with Crippen molar-refractivity contribution < 1.29 is 13.2 Å². The van der Waals surface area contributed by atoms with Crippen LogP contribution in [0, 0.1) is 0 Å². The zero-order chi connectivity index (χ0) is 17.2. The molecule has 2 aromatic carbocycles. The summed E-state index contributed by atoms with van der Waals surface area (Å²) in [6, 6.07) is 11.1. The molecule has 0 aliphatic heterocycles. The monoisotopic (exact) mass is 347 g/mol. The van der Waals surface area contributed by atoms with E-state index in [0.717, 1.165) is 42.2 Å². The summed E-state index contributed by atoms with van der Waals surface area (Å²) in [5.41, 5.74) is 0. The molecular weight excluding hydrogens is 322 g/mol. The molecule has 0 N–H and O–H groups in total. The SMILES string of the molecule is CCOc1ccc(S(=O)(=O)N(C)C2CCCCC2)c2ccccc12. The quantitative estimate of drug-likeness (QED) is 0.815. The molecule has 0 radical (unpaired) electrons. The van der Waals surface area contributed by atoms with Gasteiger partial charge in [-0.25, -0.2) is 8.42 Å². The number of nitrogens with zero attached hydrogens (tertiary/aromatic N) is 1. The topological polar surface area (TPSA) is 46.6 Å². The lowest BCUT2D eigenvalue weighted by Gasteiger charge is -2.30. The van der Waals surface area contributed by atoms with Crippen LogP contribution < -0.4 is 4.74 Å². The third-order valence-electron chi connectivity index (χ3n) is 4.89. The fourth-order valence-corrected chi connectivity index (χ4v) is 5.16. The van der Waals surface area contributed by atoms with E-state index in [1.54, 1.807) is 23.5 Å². The van der Waals surface area contributed by atoms with Gasteiger partial charge in [0.05, 0.1) is 11.5 Å². The van der Waals surface area contributed by atoms with Gasteiger partial charge in [0.15, 0.2) is 0 Å². The van der Waals surface area contributed by atoms with Crippen LogP contribution in [0.4, 0.5) is 0 Å². The molecule has 0 saturated heterocycles. The first-order valence-corrected chi connectivity index (χ1v) is 10.1. The molecule has 0 unspecified atom stereocenters. The fraction of sp³-hybridized carbons (Fsp3) is 0.474. The lowest BCUT2D eigenvalue weighted by molar-refractivity contribution is 0.286. The summed E-state index contributed by atoms with van der Waals surface area (Å²) in [4.78, 5) is 0.370. The zero-order valence-electron chi connectivity index (χ0n) is 14.4. The lowest BCUT2D eigenvalue weighted by atomic mass is 9.96. The average Bonchev–Trinajstić information content (AvgIpc) is 2.62. The molecule has 0 heterocycles. The van der Waals surface area contributed by atoms with Crippen molar-refractivity contribution in [1.82, 2.24) is 4.31 Å². The van der Waals surface area contributed by atoms with Gasteiger partial charge in [-0.1, -0.05) is 43.5 Å². The molecule has 0 amide bonds. The Morgan fingerprint density at radius 1 is 1.04 bits per heavy atom. The van der Waals surface area contributed by atoms with Crippen molar-refractivity contribution >= 4 is 20.8 Å². The minimum absolute atomic E-state index is 0.106. The Balaban J connectivity index is 2.06. The first-order chi connectivity index (χ1) is 11.6. The van der Waals surface area contributed by atoms with Gasteiger partial charge < -0.3 is 4.74 Å². The van der Waals surface area contributed by atoms with Crippen LogP contribution >= 0.6 is 0 Å². The molecule has 3 rings (SSSR count). The van der Waals surface area contributed by atoms with E-state index >= 15 is 0 Å². The van der Waals surface area contributed by atoms with Gasteiger partial charge in [-0.2, -0.15) is 4.31 Å². The van der Waals surface area contributed by atoms with Gasteiger partial charge in [-0.3, -0.25) is 0 Å². The summed E-state index contributed by atoms with van der Waals surface area (Å²) in [6.07, 6.45) is 5.31. The molecule has 1 aliphatic carbocycles. The summed E-state index contributed by atoms with van der Waals surface area (Å²) >= 11 is 0. The summed E-state index contributed by atoms with van der Waals surface area (Å²) in [6.45, 7) is 2.48. The Morgan fingerprint density at radius 2 is 1.71 bits per heavy atom. The molecule has 2 aromatic rings. The highest BCUT2D eigenvalue weighted by molar-refractivity contribution is 7.89. The van der Waals surface area contributed by atoms with Crippen molar-refractivity contribution in [1.29, 1.82) is 0 Å². The van der Waals surface area contributed by atoms with Gasteiger partial charge in [0.25, 0.3) is 0 Å². The van der Waals surface area contributed by atoms with E-state index in [2.05, 4.69) is 0 Å². The number of rotatable bonds is 5. The molecule has 1 saturated carbocycles. The highest BCUT2D eigenvalue weighted by Gasteiger charge is 2.30. The molecule has 4 nitrogen and oxygen atoms in total. The van der Waals surface area contributed by atoms with Crippen LogP contribution in [0.25, 0.3) is 10.8 Å². The molecule has 0 bridgehead atoms. The van der Waals surface area contributed by atoms with E-state index in [4.69, 9.17) is 4.74 Å². The van der Waals surface area contributed by atoms with Crippen LogP contribution in [0.3, 0.4) is 0 Å². The minimum atomic E-state index is -3.52. The van der Waals surface area contributed by atoms with Crippen molar-refractivity contribution in [3.8, 4) is 5.75 Å². The van der Waals surface area contributed by atoms with Crippen LogP contribution in [0.15, 0.2) is 41.3 Å². The molecule has 1 fully saturated rings. The van der Waals surface area contributed by atoms with Crippen LogP contribution in [0.5, 0.6) is 5.75 Å². The number of ether oxygens (including phenoxy) is 1. The second-order valence-corrected chi connectivity index (χ2v) is 8.32. The van der Waals surface area contributed by atoms with E-state index < -0.39 is 10.0 Å². The third kappa shape index (κ3) is 3.15. The molecular formula is C19H25NO3S. The van der Waals surface area contributed by atoms with Crippen molar-refractivity contribution in [2.24, 2.45) is 0 Å². The summed E-state index contributed by atoms with van der Waals surface area (Å²) in [7, 11) is -1.80. The van der Waals surface area contributed by atoms with Crippen LogP contribution in [-0.2, 0) is 10.0 Å². The van der Waals surface area contributed by atoms with Gasteiger partial charge in [0.2, 0.25) is 10.0 Å². The molecule has 24 heavy (non-hydrogen) atoms. The van der Waals surface area contributed by atoms with Gasteiger partial charge in [-0.05, 0) is 31.9 Å². The summed E-state index contributed by atoms with van der Waals surface area (Å²) < 4.78 is 33.6. The normalized spacial score (nSPS) is 16.6. The molecule has 1 aliphatic rings. The fourth-order valence-electron chi connectivity index (χ4n) is 3.55. The molecule has 0 aromatic heterocycles. The standard InChI is InChI=1S/C19H25NO3S/c1-3-23-18-13-14-19(17-12-8-7-11-16(17)18)24(21,22)20(2)15-9-5-4-6-10-15/h7-8,11-15H,3-6,9-10H2,1-2H3. The highest BCUT2D eigenvalue weighted by atomic mass is 32.2. The van der Waals surface area contributed by atoms with Gasteiger partial charge in [0, 0.05) is 23.9 Å². The lowest BCUT2D eigenvalue weighted by Crippen LogP contribution is -2.38. The Hall–Kier alpha value is -1.59. The highest BCUT2D eigenvalue weighted by Crippen LogP contribution is 2.34. The Morgan fingerprint density at radius 3 is 2.38 bits per heavy atom. The summed E-state index contributed by atoms with van der Waals surface area (Å²) in [5, 5.41) is 1.57. The average molecular weight is 347 g/mol. The van der Waals surface area contributed by atoms with Gasteiger partial charge in [0.1, 0.15) is 5.75 Å². The maximum Gasteiger partial charge on any atom is 0.243 e. The van der Waals surface area contributed by atoms with Gasteiger partial charge in [-0.15, -0.1) is 0 Å². The number of fused-ring (bicyclic) bond motifs is 1. The predicted molar refractivity (Wildman–Crippen MR) is 96.9 cm³/mol. The largest absolute Gasteiger partial charge is 0.493 e. The maximum atomic E-state index is 13.2. The first kappa shape index (κ1) is 17.2. The second-order valence-electron chi connectivity index (χ2n) is 6.35. The molecule has 130 valence electrons. The third-order valence-corrected chi connectivity index (χ3v) is 6.86. The van der Waals surface area contributed by atoms with Crippen LogP contribution in [0.1, 0.15) is 39.0 Å². The van der Waals surface area contributed by atoms with Crippen molar-refractivity contribution in [2.45, 2.75) is 50.0 Å². The summed E-state index contributed by atoms with van der Waals surface area (Å²) in [5.74, 6) is 0.729. The van der Waals surface area contributed by atoms with E-state index in [0.29, 0.717) is 11.5 Å². The Labute approximate surface area is 144 Å². The first-order valence-electron chi connectivity index (χ1n) is 8.68. The molecule has 0 spiro atoms.